The Morgan fingerprint density at radius 2 is 1.31 bits per heavy atom. The zero-order chi connectivity index (χ0) is 20.8. The average Bonchev–Trinajstić information content (AvgIpc) is 2.71. The summed E-state index contributed by atoms with van der Waals surface area (Å²) in [5.41, 5.74) is 0.754. The average molecular weight is 407 g/mol. The van der Waals surface area contributed by atoms with Gasteiger partial charge in [-0.15, -0.1) is 0 Å². The molecule has 0 atom stereocenters. The van der Waals surface area contributed by atoms with E-state index in [4.69, 9.17) is 0 Å². The van der Waals surface area contributed by atoms with Gasteiger partial charge in [0.1, 0.15) is 0 Å². The molecule has 2 heteroatoms. The van der Waals surface area contributed by atoms with Gasteiger partial charge in [-0.1, -0.05) is 78.1 Å². The molecule has 0 amide bonds. The van der Waals surface area contributed by atoms with Crippen molar-refractivity contribution in [1.29, 1.82) is 0 Å². The van der Waals surface area contributed by atoms with Gasteiger partial charge in [-0.05, 0) is 89.4 Å². The summed E-state index contributed by atoms with van der Waals surface area (Å²) in [6, 6.07) is 0.876. The van der Waals surface area contributed by atoms with Crippen LogP contribution in [0.1, 0.15) is 129 Å². The molecule has 0 radical (unpaired) electrons. The Labute approximate surface area is 184 Å². The van der Waals surface area contributed by atoms with E-state index in [9.17, 15) is 0 Å². The van der Waals surface area contributed by atoms with Gasteiger partial charge in [-0.25, -0.2) is 0 Å². The quantitative estimate of drug-likeness (QED) is 0.251. The lowest BCUT2D eigenvalue weighted by Gasteiger charge is -2.53. The minimum absolute atomic E-state index is 0.754. The van der Waals surface area contributed by atoms with Gasteiger partial charge in [0, 0.05) is 6.04 Å². The fraction of sp³-hybridized carbons (Fsp3) is 1.00. The molecular weight excluding hydrogens is 352 g/mol. The van der Waals surface area contributed by atoms with E-state index in [1.165, 1.54) is 135 Å². The third kappa shape index (κ3) is 9.72. The van der Waals surface area contributed by atoms with Crippen molar-refractivity contribution < 1.29 is 0 Å². The summed E-state index contributed by atoms with van der Waals surface area (Å²) in [5.74, 6) is 0.979. The van der Waals surface area contributed by atoms with E-state index in [0.717, 1.165) is 17.4 Å². The van der Waals surface area contributed by atoms with E-state index in [-0.39, 0.29) is 0 Å². The van der Waals surface area contributed by atoms with Crippen molar-refractivity contribution in [3.05, 3.63) is 0 Å². The Bertz CT molecular complexity index is 378. The van der Waals surface area contributed by atoms with Gasteiger partial charge in [0.25, 0.3) is 0 Å². The zero-order valence-corrected chi connectivity index (χ0v) is 20.5. The van der Waals surface area contributed by atoms with E-state index in [1.54, 1.807) is 0 Å². The van der Waals surface area contributed by atoms with Gasteiger partial charge in [0.05, 0.1) is 0 Å². The van der Waals surface area contributed by atoms with E-state index < -0.39 is 0 Å². The lowest BCUT2D eigenvalue weighted by Crippen LogP contribution is -2.47. The van der Waals surface area contributed by atoms with Crippen LogP contribution >= 0.6 is 0 Å². The van der Waals surface area contributed by atoms with Crippen LogP contribution in [0.2, 0.25) is 0 Å². The number of rotatable bonds is 17. The second kappa shape index (κ2) is 14.8. The Hall–Kier alpha value is -0.0800. The SMILES string of the molecule is CCCCCCCCNC[C@H]1CC2(CC[C@H](N(C)CCCCCCCC)CC2)C1. The first-order valence-corrected chi connectivity index (χ1v) is 13.6. The maximum Gasteiger partial charge on any atom is 0.00926 e. The molecule has 0 aromatic carbocycles. The van der Waals surface area contributed by atoms with Gasteiger partial charge in [0.2, 0.25) is 0 Å². The van der Waals surface area contributed by atoms with Crippen LogP contribution in [-0.4, -0.2) is 37.6 Å². The number of hydrogen-bond donors (Lipinski definition) is 1. The van der Waals surface area contributed by atoms with Crippen molar-refractivity contribution in [3.63, 3.8) is 0 Å². The summed E-state index contributed by atoms with van der Waals surface area (Å²) in [4.78, 5) is 2.70. The molecule has 2 rings (SSSR count). The van der Waals surface area contributed by atoms with E-state index in [0.29, 0.717) is 0 Å². The van der Waals surface area contributed by atoms with Crippen LogP contribution in [-0.2, 0) is 0 Å². The standard InChI is InChI=1S/C27H54N2/c1-4-6-8-10-12-14-20-28-24-25-22-27(23-25)18-16-26(17-19-27)29(3)21-15-13-11-9-7-5-2/h25-26,28H,4-24H2,1-3H3/t25-,26-,27?. The minimum atomic E-state index is 0.754. The molecule has 0 aliphatic heterocycles. The summed E-state index contributed by atoms with van der Waals surface area (Å²) in [6.07, 6.45) is 26.0. The Morgan fingerprint density at radius 3 is 1.93 bits per heavy atom. The number of nitrogens with one attached hydrogen (secondary N) is 1. The van der Waals surface area contributed by atoms with Crippen molar-refractivity contribution in [2.75, 3.05) is 26.7 Å². The normalized spacial score (nSPS) is 26.9. The van der Waals surface area contributed by atoms with Gasteiger partial charge in [-0.3, -0.25) is 0 Å². The molecule has 29 heavy (non-hydrogen) atoms. The smallest absolute Gasteiger partial charge is 0.00926 e. The van der Waals surface area contributed by atoms with Gasteiger partial charge < -0.3 is 10.2 Å². The van der Waals surface area contributed by atoms with Crippen LogP contribution < -0.4 is 5.32 Å². The number of nitrogens with zero attached hydrogens (tertiary/aromatic N) is 1. The minimum Gasteiger partial charge on any atom is -0.316 e. The molecule has 2 aliphatic rings. The van der Waals surface area contributed by atoms with E-state index in [2.05, 4.69) is 31.1 Å². The molecule has 2 fully saturated rings. The van der Waals surface area contributed by atoms with Gasteiger partial charge in [-0.2, -0.15) is 0 Å². The monoisotopic (exact) mass is 406 g/mol. The molecule has 0 bridgehead atoms. The van der Waals surface area contributed by atoms with E-state index in [1.807, 2.05) is 0 Å². The molecular formula is C27H54N2. The topological polar surface area (TPSA) is 15.3 Å². The van der Waals surface area contributed by atoms with Crippen LogP contribution in [0, 0.1) is 11.3 Å². The Kier molecular flexibility index (Phi) is 12.9. The predicted octanol–water partition coefficient (Wildman–Crippen LogP) is 7.57. The summed E-state index contributed by atoms with van der Waals surface area (Å²) in [7, 11) is 2.39. The molecule has 0 saturated heterocycles. The van der Waals surface area contributed by atoms with Crippen molar-refractivity contribution in [3.8, 4) is 0 Å². The maximum absolute atomic E-state index is 3.76. The van der Waals surface area contributed by atoms with Crippen LogP contribution in [0.5, 0.6) is 0 Å². The van der Waals surface area contributed by atoms with Gasteiger partial charge in [0.15, 0.2) is 0 Å². The summed E-state index contributed by atoms with van der Waals surface area (Å²) < 4.78 is 0. The highest BCUT2D eigenvalue weighted by atomic mass is 15.1. The highest BCUT2D eigenvalue weighted by Gasteiger charge is 2.45. The highest BCUT2D eigenvalue weighted by Crippen LogP contribution is 2.54. The molecule has 2 nitrogen and oxygen atoms in total. The largest absolute Gasteiger partial charge is 0.316 e. The van der Waals surface area contributed by atoms with E-state index >= 15 is 0 Å². The Morgan fingerprint density at radius 1 is 0.759 bits per heavy atom. The second-order valence-electron chi connectivity index (χ2n) is 10.7. The fourth-order valence-electron chi connectivity index (χ4n) is 6.03. The van der Waals surface area contributed by atoms with Crippen molar-refractivity contribution >= 4 is 0 Å². The molecule has 0 unspecified atom stereocenters. The fourth-order valence-corrected chi connectivity index (χ4v) is 6.03. The van der Waals surface area contributed by atoms with Crippen molar-refractivity contribution in [2.45, 2.75) is 135 Å². The highest BCUT2D eigenvalue weighted by molar-refractivity contribution is 4.98. The second-order valence-corrected chi connectivity index (χ2v) is 10.7. The number of hydrogen-bond acceptors (Lipinski definition) is 2. The van der Waals surface area contributed by atoms with Crippen LogP contribution in [0.15, 0.2) is 0 Å². The summed E-state index contributed by atoms with van der Waals surface area (Å²) in [6.45, 7) is 8.48. The molecule has 2 aliphatic carbocycles. The maximum atomic E-state index is 3.76. The molecule has 2 saturated carbocycles. The lowest BCUT2D eigenvalue weighted by molar-refractivity contribution is -0.00828. The predicted molar refractivity (Wildman–Crippen MR) is 130 cm³/mol. The summed E-state index contributed by atoms with van der Waals surface area (Å²) >= 11 is 0. The first-order valence-electron chi connectivity index (χ1n) is 13.6. The number of unbranched alkanes of at least 4 members (excludes halogenated alkanes) is 10. The molecule has 1 N–H and O–H groups in total. The Balaban J connectivity index is 1.44. The third-order valence-corrected chi connectivity index (χ3v) is 8.09. The lowest BCUT2D eigenvalue weighted by atomic mass is 9.55. The first-order chi connectivity index (χ1) is 14.2. The molecule has 1 spiro atoms. The van der Waals surface area contributed by atoms with Crippen LogP contribution in [0.25, 0.3) is 0 Å². The third-order valence-electron chi connectivity index (χ3n) is 8.09. The van der Waals surface area contributed by atoms with Gasteiger partial charge >= 0.3 is 0 Å². The van der Waals surface area contributed by atoms with Crippen LogP contribution in [0.3, 0.4) is 0 Å². The van der Waals surface area contributed by atoms with Crippen LogP contribution in [0.4, 0.5) is 0 Å². The zero-order valence-electron chi connectivity index (χ0n) is 20.5. The van der Waals surface area contributed by atoms with Crippen molar-refractivity contribution in [2.24, 2.45) is 11.3 Å². The molecule has 172 valence electrons. The first kappa shape index (κ1) is 25.2. The molecule has 0 aromatic heterocycles. The molecule has 0 heterocycles. The van der Waals surface area contributed by atoms with Crippen molar-refractivity contribution in [1.82, 2.24) is 10.2 Å². The molecule has 0 aromatic rings. The summed E-state index contributed by atoms with van der Waals surface area (Å²) in [5, 5.41) is 3.76.